The summed E-state index contributed by atoms with van der Waals surface area (Å²) in [4.78, 5) is 37.8. The van der Waals surface area contributed by atoms with Crippen molar-refractivity contribution >= 4 is 17.9 Å². The summed E-state index contributed by atoms with van der Waals surface area (Å²) in [6.45, 7) is 6.45. The van der Waals surface area contributed by atoms with Crippen LogP contribution in [-0.4, -0.2) is 37.2 Å². The second-order valence-corrected chi connectivity index (χ2v) is 19.2. The summed E-state index contributed by atoms with van der Waals surface area (Å²) in [6, 6.07) is 0. The lowest BCUT2D eigenvalue weighted by Crippen LogP contribution is -2.30. The largest absolute Gasteiger partial charge is 0.462 e. The molecule has 0 aromatic carbocycles. The van der Waals surface area contributed by atoms with E-state index in [-0.39, 0.29) is 31.1 Å². The fraction of sp³-hybridized carbons (Fsp3) is 0.730. The van der Waals surface area contributed by atoms with Crippen LogP contribution in [0.25, 0.3) is 0 Å². The summed E-state index contributed by atoms with van der Waals surface area (Å²) in [7, 11) is 0. The molecule has 6 nitrogen and oxygen atoms in total. The molecular weight excluding hydrogens is 853 g/mol. The first-order chi connectivity index (χ1) is 34.0. The van der Waals surface area contributed by atoms with Crippen LogP contribution < -0.4 is 0 Å². The van der Waals surface area contributed by atoms with Crippen molar-refractivity contribution in [2.75, 3.05) is 13.2 Å². The third-order valence-corrected chi connectivity index (χ3v) is 12.4. The van der Waals surface area contributed by atoms with Crippen LogP contribution in [0.3, 0.4) is 0 Å². The number of hydrogen-bond acceptors (Lipinski definition) is 6. The van der Waals surface area contributed by atoms with E-state index in [0.717, 1.165) is 116 Å². The molecule has 0 spiro atoms. The standard InChI is InChI=1S/C63H108O6/c1-4-7-10-13-15-17-19-21-23-25-26-27-28-29-30-31-32-33-34-35-36-38-39-41-43-45-47-50-53-56-62(65)68-59-60(58-67-61(64)55-52-49-12-9-6-3)69-63(66)57-54-51-48-46-44-42-40-37-24-22-20-18-16-14-11-8-5-2/h7,10,15,17,21,23,26-27,29-30,32-33,35-36,60H,4-6,8-9,11-14,16,18-20,22,24-25,28,31,34,37-59H2,1-3H3/b10-7-,17-15-,23-21-,27-26-,30-29-,33-32-,36-35-. The van der Waals surface area contributed by atoms with Crippen LogP contribution in [0.1, 0.15) is 278 Å². The van der Waals surface area contributed by atoms with E-state index in [0.29, 0.717) is 19.3 Å². The van der Waals surface area contributed by atoms with E-state index in [9.17, 15) is 14.4 Å². The van der Waals surface area contributed by atoms with Gasteiger partial charge in [-0.05, 0) is 77.0 Å². The molecule has 69 heavy (non-hydrogen) atoms. The van der Waals surface area contributed by atoms with Crippen LogP contribution in [0.5, 0.6) is 0 Å². The number of hydrogen-bond donors (Lipinski definition) is 0. The summed E-state index contributed by atoms with van der Waals surface area (Å²) in [6.07, 6.45) is 74.8. The highest BCUT2D eigenvalue weighted by Gasteiger charge is 2.19. The van der Waals surface area contributed by atoms with Gasteiger partial charge in [0, 0.05) is 19.3 Å². The second kappa shape index (κ2) is 57.2. The molecule has 1 unspecified atom stereocenters. The van der Waals surface area contributed by atoms with Crippen LogP contribution in [0, 0.1) is 0 Å². The van der Waals surface area contributed by atoms with Gasteiger partial charge in [0.2, 0.25) is 0 Å². The first-order valence-corrected chi connectivity index (χ1v) is 29.1. The van der Waals surface area contributed by atoms with Crippen molar-refractivity contribution in [3.05, 3.63) is 85.1 Å². The summed E-state index contributed by atoms with van der Waals surface area (Å²) < 4.78 is 16.7. The Hall–Kier alpha value is -3.41. The van der Waals surface area contributed by atoms with Gasteiger partial charge in [0.15, 0.2) is 6.10 Å². The van der Waals surface area contributed by atoms with Crippen molar-refractivity contribution in [2.24, 2.45) is 0 Å². The SMILES string of the molecule is CC/C=C\C/C=C\C/C=C\C/C=C\C/C=C\C/C=C\C/C=C\CCCCCCCCCC(=O)OCC(COC(=O)CCCCCCC)OC(=O)CCCCCCCCCCCCCCCCCCC. The van der Waals surface area contributed by atoms with Crippen LogP contribution >= 0.6 is 0 Å². The highest BCUT2D eigenvalue weighted by molar-refractivity contribution is 5.71. The highest BCUT2D eigenvalue weighted by Crippen LogP contribution is 2.16. The number of esters is 3. The van der Waals surface area contributed by atoms with Crippen molar-refractivity contribution in [3.63, 3.8) is 0 Å². The third kappa shape index (κ3) is 55.4. The van der Waals surface area contributed by atoms with Crippen molar-refractivity contribution < 1.29 is 28.6 Å². The van der Waals surface area contributed by atoms with E-state index in [1.54, 1.807) is 0 Å². The number of carbonyl (C=O) groups excluding carboxylic acids is 3. The summed E-state index contributed by atoms with van der Waals surface area (Å²) in [5.74, 6) is -0.896. The van der Waals surface area contributed by atoms with E-state index < -0.39 is 6.10 Å². The maximum absolute atomic E-state index is 12.8. The van der Waals surface area contributed by atoms with Crippen molar-refractivity contribution in [1.29, 1.82) is 0 Å². The zero-order valence-electron chi connectivity index (χ0n) is 45.3. The van der Waals surface area contributed by atoms with Gasteiger partial charge in [-0.2, -0.15) is 0 Å². The fourth-order valence-electron chi connectivity index (χ4n) is 8.07. The maximum atomic E-state index is 12.8. The first-order valence-electron chi connectivity index (χ1n) is 29.1. The van der Waals surface area contributed by atoms with Gasteiger partial charge < -0.3 is 14.2 Å². The van der Waals surface area contributed by atoms with E-state index in [4.69, 9.17) is 14.2 Å². The smallest absolute Gasteiger partial charge is 0.306 e. The lowest BCUT2D eigenvalue weighted by Gasteiger charge is -2.18. The summed E-state index contributed by atoms with van der Waals surface area (Å²) >= 11 is 0. The Balaban J connectivity index is 4.10. The first kappa shape index (κ1) is 65.6. The fourth-order valence-corrected chi connectivity index (χ4v) is 8.07. The van der Waals surface area contributed by atoms with Gasteiger partial charge >= 0.3 is 17.9 Å². The normalized spacial score (nSPS) is 12.7. The van der Waals surface area contributed by atoms with Crippen LogP contribution in [0.15, 0.2) is 85.1 Å². The average molecular weight is 962 g/mol. The number of ether oxygens (including phenoxy) is 3. The Bertz CT molecular complexity index is 1330. The lowest BCUT2D eigenvalue weighted by molar-refractivity contribution is -0.167. The Kier molecular flexibility index (Phi) is 54.3. The molecule has 0 bridgehead atoms. The molecule has 0 saturated heterocycles. The van der Waals surface area contributed by atoms with Gasteiger partial charge in [0.1, 0.15) is 13.2 Å². The molecule has 0 fully saturated rings. The van der Waals surface area contributed by atoms with Crippen LogP contribution in [0.4, 0.5) is 0 Å². The molecule has 0 aliphatic heterocycles. The molecule has 0 aliphatic rings. The second-order valence-electron chi connectivity index (χ2n) is 19.2. The van der Waals surface area contributed by atoms with Gasteiger partial charge in [0.05, 0.1) is 0 Å². The Morgan fingerprint density at radius 3 is 0.884 bits per heavy atom. The maximum Gasteiger partial charge on any atom is 0.306 e. The summed E-state index contributed by atoms with van der Waals surface area (Å²) in [5.41, 5.74) is 0. The molecule has 0 rings (SSSR count). The van der Waals surface area contributed by atoms with E-state index in [1.807, 2.05) is 0 Å². The predicted octanol–water partition coefficient (Wildman–Crippen LogP) is 19.5. The number of rotatable bonds is 52. The summed E-state index contributed by atoms with van der Waals surface area (Å²) in [5, 5.41) is 0. The monoisotopic (exact) mass is 961 g/mol. The molecule has 396 valence electrons. The van der Waals surface area contributed by atoms with Crippen molar-refractivity contribution in [2.45, 2.75) is 284 Å². The van der Waals surface area contributed by atoms with Gasteiger partial charge in [-0.1, -0.05) is 266 Å². The van der Waals surface area contributed by atoms with Gasteiger partial charge in [-0.15, -0.1) is 0 Å². The van der Waals surface area contributed by atoms with E-state index in [2.05, 4.69) is 106 Å². The van der Waals surface area contributed by atoms with Gasteiger partial charge in [0.25, 0.3) is 0 Å². The molecule has 0 amide bonds. The Morgan fingerprint density at radius 1 is 0.304 bits per heavy atom. The quantitative estimate of drug-likeness (QED) is 0.0262. The third-order valence-electron chi connectivity index (χ3n) is 12.4. The van der Waals surface area contributed by atoms with Gasteiger partial charge in [-0.3, -0.25) is 14.4 Å². The number of allylic oxidation sites excluding steroid dienone is 14. The molecule has 0 N–H and O–H groups in total. The molecule has 1 atom stereocenters. The molecule has 0 aliphatic carbocycles. The molecule has 0 aromatic heterocycles. The van der Waals surface area contributed by atoms with Crippen LogP contribution in [-0.2, 0) is 28.6 Å². The average Bonchev–Trinajstić information content (AvgIpc) is 3.35. The number of carbonyl (C=O) groups is 3. The zero-order valence-corrected chi connectivity index (χ0v) is 45.3. The highest BCUT2D eigenvalue weighted by atomic mass is 16.6. The Labute approximate surface area is 426 Å². The molecule has 0 heterocycles. The zero-order chi connectivity index (χ0) is 50.0. The Morgan fingerprint density at radius 2 is 0.565 bits per heavy atom. The lowest BCUT2D eigenvalue weighted by atomic mass is 10.0. The van der Waals surface area contributed by atoms with E-state index >= 15 is 0 Å². The molecule has 6 heteroatoms. The molecule has 0 aromatic rings. The minimum atomic E-state index is -0.775. The minimum Gasteiger partial charge on any atom is -0.462 e. The van der Waals surface area contributed by atoms with Crippen molar-refractivity contribution in [1.82, 2.24) is 0 Å². The number of unbranched alkanes of at least 4 members (excludes halogenated alkanes) is 27. The topological polar surface area (TPSA) is 78.9 Å². The van der Waals surface area contributed by atoms with Crippen molar-refractivity contribution in [3.8, 4) is 0 Å². The van der Waals surface area contributed by atoms with E-state index in [1.165, 1.54) is 122 Å². The predicted molar refractivity (Wildman–Crippen MR) is 297 cm³/mol. The minimum absolute atomic E-state index is 0.0782. The molecule has 0 radical (unpaired) electrons. The van der Waals surface area contributed by atoms with Gasteiger partial charge in [-0.25, -0.2) is 0 Å². The molecule has 0 saturated carbocycles. The molecular formula is C63H108O6. The van der Waals surface area contributed by atoms with Crippen LogP contribution in [0.2, 0.25) is 0 Å².